The molecule has 1 aliphatic heterocycles. The second kappa shape index (κ2) is 8.17. The van der Waals surface area contributed by atoms with Gasteiger partial charge in [0.15, 0.2) is 5.75 Å². The molecule has 0 atom stereocenters. The first-order chi connectivity index (χ1) is 12.4. The van der Waals surface area contributed by atoms with E-state index in [1.54, 1.807) is 0 Å². The quantitative estimate of drug-likeness (QED) is 0.716. The molecule has 1 saturated heterocycles. The van der Waals surface area contributed by atoms with Gasteiger partial charge < -0.3 is 4.74 Å². The zero-order chi connectivity index (χ0) is 18.7. The van der Waals surface area contributed by atoms with E-state index in [4.69, 9.17) is 27.9 Å². The minimum atomic E-state index is -3.68. The van der Waals surface area contributed by atoms with Gasteiger partial charge >= 0.3 is 0 Å². The second-order valence-electron chi connectivity index (χ2n) is 6.43. The Bertz CT molecular complexity index is 864. The smallest absolute Gasteiger partial charge is 0.246 e. The van der Waals surface area contributed by atoms with Gasteiger partial charge in [0.2, 0.25) is 10.0 Å². The van der Waals surface area contributed by atoms with Crippen LogP contribution in [-0.4, -0.2) is 32.9 Å². The molecule has 1 fully saturated rings. The van der Waals surface area contributed by atoms with Crippen molar-refractivity contribution in [2.75, 3.05) is 20.2 Å². The maximum Gasteiger partial charge on any atom is 0.246 e. The van der Waals surface area contributed by atoms with Gasteiger partial charge in [-0.2, -0.15) is 4.31 Å². The summed E-state index contributed by atoms with van der Waals surface area (Å²) in [5, 5.41) is 0.387. The standard InChI is InChI=1S/C19H21Cl2NO3S/c1-25-19-17(8-7-16(20)18(19)21)26(23,24)22-11-9-15(10-12-22)13-14-5-3-2-4-6-14/h2-8,15H,9-13H2,1H3. The Morgan fingerprint density at radius 1 is 1.08 bits per heavy atom. The lowest BCUT2D eigenvalue weighted by Crippen LogP contribution is -2.39. The van der Waals surface area contributed by atoms with Crippen molar-refractivity contribution in [3.63, 3.8) is 0 Å². The zero-order valence-electron chi connectivity index (χ0n) is 14.5. The number of hydrogen-bond donors (Lipinski definition) is 0. The molecule has 26 heavy (non-hydrogen) atoms. The Morgan fingerprint density at radius 2 is 1.73 bits per heavy atom. The van der Waals surface area contributed by atoms with E-state index in [0.29, 0.717) is 19.0 Å². The number of ether oxygens (including phenoxy) is 1. The third-order valence-electron chi connectivity index (χ3n) is 4.78. The molecule has 0 saturated carbocycles. The van der Waals surface area contributed by atoms with Crippen LogP contribution >= 0.6 is 23.2 Å². The van der Waals surface area contributed by atoms with Crippen molar-refractivity contribution < 1.29 is 13.2 Å². The van der Waals surface area contributed by atoms with Crippen LogP contribution < -0.4 is 4.74 Å². The zero-order valence-corrected chi connectivity index (χ0v) is 16.8. The summed E-state index contributed by atoms with van der Waals surface area (Å²) in [4.78, 5) is 0.0657. The van der Waals surface area contributed by atoms with Gasteiger partial charge in [-0.1, -0.05) is 53.5 Å². The third-order valence-corrected chi connectivity index (χ3v) is 7.49. The first-order valence-corrected chi connectivity index (χ1v) is 10.7. The number of halogens is 2. The van der Waals surface area contributed by atoms with Gasteiger partial charge in [-0.15, -0.1) is 0 Å². The molecular weight excluding hydrogens is 393 g/mol. The SMILES string of the molecule is COc1c(S(=O)(=O)N2CCC(Cc3ccccc3)CC2)ccc(Cl)c1Cl. The first-order valence-electron chi connectivity index (χ1n) is 8.49. The van der Waals surface area contributed by atoms with Crippen LogP contribution in [0, 0.1) is 5.92 Å². The molecule has 0 aliphatic carbocycles. The fourth-order valence-electron chi connectivity index (χ4n) is 3.35. The summed E-state index contributed by atoms with van der Waals surface area (Å²) in [7, 11) is -2.28. The molecule has 0 unspecified atom stereocenters. The maximum atomic E-state index is 13.0. The summed E-state index contributed by atoms with van der Waals surface area (Å²) in [5.41, 5.74) is 1.29. The second-order valence-corrected chi connectivity index (χ2v) is 9.12. The molecule has 1 heterocycles. The molecule has 4 nitrogen and oxygen atoms in total. The van der Waals surface area contributed by atoms with Crippen LogP contribution in [0.25, 0.3) is 0 Å². The Labute approximate surface area is 164 Å². The fourth-order valence-corrected chi connectivity index (χ4v) is 5.42. The lowest BCUT2D eigenvalue weighted by molar-refractivity contribution is 0.272. The van der Waals surface area contributed by atoms with Crippen LogP contribution in [0.2, 0.25) is 10.0 Å². The molecule has 1 aliphatic rings. The summed E-state index contributed by atoms with van der Waals surface area (Å²) in [6.07, 6.45) is 2.64. The van der Waals surface area contributed by atoms with E-state index in [-0.39, 0.29) is 20.7 Å². The number of nitrogens with zero attached hydrogens (tertiary/aromatic N) is 1. The largest absolute Gasteiger partial charge is 0.494 e. The van der Waals surface area contributed by atoms with Gasteiger partial charge in [0.05, 0.1) is 12.1 Å². The van der Waals surface area contributed by atoms with Crippen molar-refractivity contribution in [2.45, 2.75) is 24.2 Å². The summed E-state index contributed by atoms with van der Waals surface area (Å²) in [6, 6.07) is 13.2. The lowest BCUT2D eigenvalue weighted by Gasteiger charge is -2.31. The molecule has 2 aromatic carbocycles. The van der Waals surface area contributed by atoms with E-state index in [9.17, 15) is 8.42 Å². The molecule has 0 aromatic heterocycles. The molecule has 7 heteroatoms. The molecule has 0 N–H and O–H groups in total. The average molecular weight is 414 g/mol. The normalized spacial score (nSPS) is 16.6. The van der Waals surface area contributed by atoms with Crippen LogP contribution in [0.4, 0.5) is 0 Å². The van der Waals surface area contributed by atoms with Crippen molar-refractivity contribution in [3.8, 4) is 5.75 Å². The highest BCUT2D eigenvalue weighted by Crippen LogP contribution is 2.39. The summed E-state index contributed by atoms with van der Waals surface area (Å²) < 4.78 is 32.8. The Hall–Kier alpha value is -1.27. The monoisotopic (exact) mass is 413 g/mol. The Balaban J connectivity index is 1.73. The highest BCUT2D eigenvalue weighted by atomic mass is 35.5. The number of piperidine rings is 1. The van der Waals surface area contributed by atoms with Gasteiger partial charge in [0.1, 0.15) is 9.92 Å². The average Bonchev–Trinajstić information content (AvgIpc) is 2.65. The van der Waals surface area contributed by atoms with Crippen molar-refractivity contribution in [1.29, 1.82) is 0 Å². The third kappa shape index (κ3) is 4.01. The van der Waals surface area contributed by atoms with E-state index >= 15 is 0 Å². The van der Waals surface area contributed by atoms with E-state index in [2.05, 4.69) is 12.1 Å². The van der Waals surface area contributed by atoms with Gasteiger partial charge in [0.25, 0.3) is 0 Å². The van der Waals surface area contributed by atoms with Crippen LogP contribution in [0.3, 0.4) is 0 Å². The predicted molar refractivity (Wildman–Crippen MR) is 105 cm³/mol. The van der Waals surface area contributed by atoms with E-state index < -0.39 is 10.0 Å². The molecule has 0 bridgehead atoms. The highest BCUT2D eigenvalue weighted by Gasteiger charge is 2.32. The topological polar surface area (TPSA) is 46.6 Å². The molecule has 140 valence electrons. The van der Waals surface area contributed by atoms with Crippen LogP contribution in [0.15, 0.2) is 47.4 Å². The van der Waals surface area contributed by atoms with Gasteiger partial charge in [0, 0.05) is 13.1 Å². The molecule has 2 aromatic rings. The summed E-state index contributed by atoms with van der Waals surface area (Å²) in [6.45, 7) is 0.979. The Kier molecular flexibility index (Phi) is 6.13. The van der Waals surface area contributed by atoms with E-state index in [0.717, 1.165) is 19.3 Å². The molecule has 0 spiro atoms. The number of benzene rings is 2. The minimum Gasteiger partial charge on any atom is -0.494 e. The van der Waals surface area contributed by atoms with Crippen LogP contribution in [0.1, 0.15) is 18.4 Å². The Morgan fingerprint density at radius 3 is 2.35 bits per heavy atom. The summed E-state index contributed by atoms with van der Waals surface area (Å²) in [5.74, 6) is 0.588. The fraction of sp³-hybridized carbons (Fsp3) is 0.368. The van der Waals surface area contributed by atoms with Crippen molar-refractivity contribution >= 4 is 33.2 Å². The van der Waals surface area contributed by atoms with E-state index in [1.807, 2.05) is 18.2 Å². The van der Waals surface area contributed by atoms with Crippen LogP contribution in [-0.2, 0) is 16.4 Å². The minimum absolute atomic E-state index is 0.0657. The van der Waals surface area contributed by atoms with E-state index in [1.165, 1.54) is 29.1 Å². The number of hydrogen-bond acceptors (Lipinski definition) is 3. The first kappa shape index (κ1) is 19.5. The maximum absolute atomic E-state index is 13.0. The van der Waals surface area contributed by atoms with Gasteiger partial charge in [-0.3, -0.25) is 0 Å². The predicted octanol–water partition coefficient (Wildman–Crippen LogP) is 4.65. The molecule has 0 radical (unpaired) electrons. The van der Waals surface area contributed by atoms with Crippen molar-refractivity contribution in [2.24, 2.45) is 5.92 Å². The van der Waals surface area contributed by atoms with Gasteiger partial charge in [-0.05, 0) is 42.9 Å². The summed E-state index contributed by atoms with van der Waals surface area (Å²) >= 11 is 12.1. The molecular formula is C19H21Cl2NO3S. The number of rotatable bonds is 5. The van der Waals surface area contributed by atoms with Crippen molar-refractivity contribution in [3.05, 3.63) is 58.1 Å². The number of sulfonamides is 1. The van der Waals surface area contributed by atoms with Crippen molar-refractivity contribution in [1.82, 2.24) is 4.31 Å². The lowest BCUT2D eigenvalue weighted by atomic mass is 9.91. The molecule has 0 amide bonds. The highest BCUT2D eigenvalue weighted by molar-refractivity contribution is 7.89. The van der Waals surface area contributed by atoms with Crippen LogP contribution in [0.5, 0.6) is 5.75 Å². The molecule has 3 rings (SSSR count). The number of methoxy groups -OCH3 is 1. The van der Waals surface area contributed by atoms with Gasteiger partial charge in [-0.25, -0.2) is 8.42 Å².